The molecule has 0 saturated carbocycles. The maximum absolute atomic E-state index is 13.5. The number of unbranched alkanes of at least 4 members (excludes halogenated alkanes) is 2. The second kappa shape index (κ2) is 10.2. The standard InChI is InChI=1S/C24H35N3O4/c1-6-7-8-13-27-23(28)21(17-9-10-19(30-4)20(16-17)31-5)22(24(27)29)26(3)18-11-14-25(2)15-12-18/h9-10,16,18H,6-8,11-15H2,1-5H3. The molecule has 0 atom stereocenters. The van der Waals surface area contributed by atoms with Crippen LogP contribution in [0.15, 0.2) is 23.9 Å². The maximum atomic E-state index is 13.5. The molecule has 170 valence electrons. The topological polar surface area (TPSA) is 62.3 Å². The highest BCUT2D eigenvalue weighted by molar-refractivity contribution is 6.35. The van der Waals surface area contributed by atoms with Gasteiger partial charge in [0, 0.05) is 19.6 Å². The average Bonchev–Trinajstić information content (AvgIpc) is 3.03. The zero-order chi connectivity index (χ0) is 22.5. The molecule has 0 spiro atoms. The fraction of sp³-hybridized carbons (Fsp3) is 0.583. The van der Waals surface area contributed by atoms with Gasteiger partial charge in [-0.2, -0.15) is 0 Å². The number of amides is 2. The van der Waals surface area contributed by atoms with E-state index in [9.17, 15) is 9.59 Å². The van der Waals surface area contributed by atoms with Crippen molar-refractivity contribution in [3.05, 3.63) is 29.5 Å². The fourth-order valence-electron chi connectivity index (χ4n) is 4.43. The number of carbonyl (C=O) groups excluding carboxylic acids is 2. The van der Waals surface area contributed by atoms with E-state index in [1.807, 2.05) is 18.0 Å². The van der Waals surface area contributed by atoms with Crippen molar-refractivity contribution in [3.8, 4) is 11.5 Å². The Kier molecular flexibility index (Phi) is 7.59. The molecule has 1 aromatic carbocycles. The molecule has 7 heteroatoms. The van der Waals surface area contributed by atoms with Crippen LogP contribution in [0.2, 0.25) is 0 Å². The molecular formula is C24H35N3O4. The highest BCUT2D eigenvalue weighted by atomic mass is 16.5. The van der Waals surface area contributed by atoms with Gasteiger partial charge in [-0.3, -0.25) is 14.5 Å². The number of hydrogen-bond acceptors (Lipinski definition) is 6. The van der Waals surface area contributed by atoms with Gasteiger partial charge in [0.1, 0.15) is 5.70 Å². The number of rotatable bonds is 9. The number of benzene rings is 1. The zero-order valence-corrected chi connectivity index (χ0v) is 19.4. The van der Waals surface area contributed by atoms with Gasteiger partial charge in [-0.15, -0.1) is 0 Å². The lowest BCUT2D eigenvalue weighted by Gasteiger charge is -2.36. The number of likely N-dealkylation sites (tertiary alicyclic amines) is 1. The third-order valence-corrected chi connectivity index (χ3v) is 6.39. The van der Waals surface area contributed by atoms with Crippen LogP contribution in [0.1, 0.15) is 44.6 Å². The lowest BCUT2D eigenvalue weighted by atomic mass is 10.00. The van der Waals surface area contributed by atoms with Crippen LogP contribution in [-0.2, 0) is 9.59 Å². The van der Waals surface area contributed by atoms with Crippen molar-refractivity contribution in [3.63, 3.8) is 0 Å². The van der Waals surface area contributed by atoms with Crippen LogP contribution in [0.4, 0.5) is 0 Å². The highest BCUT2D eigenvalue weighted by Gasteiger charge is 2.42. The Morgan fingerprint density at radius 2 is 1.71 bits per heavy atom. The second-order valence-electron chi connectivity index (χ2n) is 8.41. The van der Waals surface area contributed by atoms with E-state index in [2.05, 4.69) is 18.9 Å². The number of hydrogen-bond donors (Lipinski definition) is 0. The number of likely N-dealkylation sites (N-methyl/N-ethyl adjacent to an activating group) is 1. The number of nitrogens with zero attached hydrogens (tertiary/aromatic N) is 3. The summed E-state index contributed by atoms with van der Waals surface area (Å²) in [6, 6.07) is 5.64. The van der Waals surface area contributed by atoms with E-state index in [1.165, 1.54) is 4.90 Å². The normalized spacial score (nSPS) is 18.2. The summed E-state index contributed by atoms with van der Waals surface area (Å²) in [6.07, 6.45) is 4.77. The monoisotopic (exact) mass is 429 g/mol. The minimum atomic E-state index is -0.219. The van der Waals surface area contributed by atoms with Gasteiger partial charge >= 0.3 is 0 Å². The minimum Gasteiger partial charge on any atom is -0.493 e. The maximum Gasteiger partial charge on any atom is 0.277 e. The van der Waals surface area contributed by atoms with Gasteiger partial charge in [0.2, 0.25) is 0 Å². The van der Waals surface area contributed by atoms with Crippen molar-refractivity contribution in [2.75, 3.05) is 47.9 Å². The van der Waals surface area contributed by atoms with Crippen LogP contribution in [0.3, 0.4) is 0 Å². The number of imide groups is 1. The summed E-state index contributed by atoms with van der Waals surface area (Å²) in [5.74, 6) is 0.725. The molecule has 3 rings (SSSR count). The van der Waals surface area contributed by atoms with Crippen molar-refractivity contribution in [2.45, 2.75) is 45.1 Å². The lowest BCUT2D eigenvalue weighted by Crippen LogP contribution is -2.43. The van der Waals surface area contributed by atoms with Crippen LogP contribution in [0.25, 0.3) is 5.57 Å². The smallest absolute Gasteiger partial charge is 0.277 e. The Labute approximate surface area is 185 Å². The van der Waals surface area contributed by atoms with Gasteiger partial charge in [0.05, 0.1) is 19.8 Å². The summed E-state index contributed by atoms with van der Waals surface area (Å²) >= 11 is 0. The second-order valence-corrected chi connectivity index (χ2v) is 8.41. The predicted octanol–water partition coefficient (Wildman–Crippen LogP) is 3.00. The number of piperidine rings is 1. The molecule has 2 heterocycles. The van der Waals surface area contributed by atoms with E-state index in [4.69, 9.17) is 9.47 Å². The van der Waals surface area contributed by atoms with Crippen molar-refractivity contribution < 1.29 is 19.1 Å². The van der Waals surface area contributed by atoms with Crippen molar-refractivity contribution in [1.82, 2.24) is 14.7 Å². The highest BCUT2D eigenvalue weighted by Crippen LogP contribution is 2.37. The van der Waals surface area contributed by atoms with Gasteiger partial charge in [-0.25, -0.2) is 0 Å². The van der Waals surface area contributed by atoms with E-state index < -0.39 is 0 Å². The molecule has 7 nitrogen and oxygen atoms in total. The largest absolute Gasteiger partial charge is 0.493 e. The molecule has 0 radical (unpaired) electrons. The van der Waals surface area contributed by atoms with Gasteiger partial charge in [-0.1, -0.05) is 25.8 Å². The average molecular weight is 430 g/mol. The predicted molar refractivity (Wildman–Crippen MR) is 121 cm³/mol. The summed E-state index contributed by atoms with van der Waals surface area (Å²) in [7, 11) is 7.22. The van der Waals surface area contributed by atoms with E-state index in [1.54, 1.807) is 26.4 Å². The molecule has 31 heavy (non-hydrogen) atoms. The molecule has 2 amide bonds. The Morgan fingerprint density at radius 3 is 2.32 bits per heavy atom. The molecular weight excluding hydrogens is 394 g/mol. The summed E-state index contributed by atoms with van der Waals surface area (Å²) in [4.78, 5) is 32.7. The molecule has 0 aromatic heterocycles. The first kappa shape index (κ1) is 23.1. The van der Waals surface area contributed by atoms with Crippen LogP contribution in [0.5, 0.6) is 11.5 Å². The van der Waals surface area contributed by atoms with Gasteiger partial charge < -0.3 is 19.3 Å². The molecule has 2 aliphatic rings. The molecule has 1 saturated heterocycles. The number of methoxy groups -OCH3 is 2. The van der Waals surface area contributed by atoms with Crippen molar-refractivity contribution in [2.24, 2.45) is 0 Å². The summed E-state index contributed by atoms with van der Waals surface area (Å²) < 4.78 is 10.8. The van der Waals surface area contributed by atoms with Gasteiger partial charge in [-0.05, 0) is 57.1 Å². The van der Waals surface area contributed by atoms with Crippen LogP contribution < -0.4 is 9.47 Å². The van der Waals surface area contributed by atoms with Gasteiger partial charge in [0.25, 0.3) is 11.8 Å². The van der Waals surface area contributed by atoms with Gasteiger partial charge in [0.15, 0.2) is 11.5 Å². The molecule has 0 bridgehead atoms. The SMILES string of the molecule is CCCCCN1C(=O)C(c2ccc(OC)c(OC)c2)=C(N(C)C2CCN(C)CC2)C1=O. The van der Waals surface area contributed by atoms with E-state index in [-0.39, 0.29) is 17.9 Å². The van der Waals surface area contributed by atoms with Crippen LogP contribution in [0, 0.1) is 0 Å². The van der Waals surface area contributed by atoms with E-state index in [0.29, 0.717) is 34.9 Å². The molecule has 0 aliphatic carbocycles. The first-order valence-corrected chi connectivity index (χ1v) is 11.2. The van der Waals surface area contributed by atoms with E-state index in [0.717, 1.165) is 45.2 Å². The molecule has 2 aliphatic heterocycles. The Morgan fingerprint density at radius 1 is 1.03 bits per heavy atom. The third-order valence-electron chi connectivity index (χ3n) is 6.39. The molecule has 0 N–H and O–H groups in total. The lowest BCUT2D eigenvalue weighted by molar-refractivity contribution is -0.137. The summed E-state index contributed by atoms with van der Waals surface area (Å²) in [5, 5.41) is 0. The third kappa shape index (κ3) is 4.71. The van der Waals surface area contributed by atoms with Crippen molar-refractivity contribution >= 4 is 17.4 Å². The van der Waals surface area contributed by atoms with E-state index >= 15 is 0 Å². The Hall–Kier alpha value is -2.54. The number of carbonyl (C=O) groups is 2. The quantitative estimate of drug-likeness (QED) is 0.444. The number of ether oxygens (including phenoxy) is 2. The molecule has 1 fully saturated rings. The van der Waals surface area contributed by atoms with Crippen molar-refractivity contribution in [1.29, 1.82) is 0 Å². The first-order chi connectivity index (χ1) is 14.9. The minimum absolute atomic E-state index is 0.188. The summed E-state index contributed by atoms with van der Waals surface area (Å²) in [5.41, 5.74) is 1.65. The summed E-state index contributed by atoms with van der Waals surface area (Å²) in [6.45, 7) is 4.53. The Balaban J connectivity index is 2.01. The molecule has 1 aromatic rings. The molecule has 0 unspecified atom stereocenters. The fourth-order valence-corrected chi connectivity index (χ4v) is 4.43. The van der Waals surface area contributed by atoms with Crippen LogP contribution in [-0.4, -0.2) is 80.5 Å². The Bertz CT molecular complexity index is 843. The zero-order valence-electron chi connectivity index (χ0n) is 19.4. The first-order valence-electron chi connectivity index (χ1n) is 11.2. The van der Waals surface area contributed by atoms with Crippen LogP contribution >= 0.6 is 0 Å².